The first-order chi connectivity index (χ1) is 8.74. The standard InChI is InChI=1S/C14H12ClN3/c1-18(11-8-6-10(15)7-9-11)14-16-12-4-2-3-5-13(12)17-14/h2-9H,1H3,(H,16,17). The summed E-state index contributed by atoms with van der Waals surface area (Å²) < 4.78 is 0. The van der Waals surface area contributed by atoms with E-state index in [4.69, 9.17) is 11.6 Å². The van der Waals surface area contributed by atoms with Gasteiger partial charge in [0.05, 0.1) is 11.0 Å². The molecule has 0 atom stereocenters. The van der Waals surface area contributed by atoms with Crippen LogP contribution >= 0.6 is 11.6 Å². The topological polar surface area (TPSA) is 31.9 Å². The summed E-state index contributed by atoms with van der Waals surface area (Å²) in [6.45, 7) is 0. The highest BCUT2D eigenvalue weighted by molar-refractivity contribution is 6.30. The van der Waals surface area contributed by atoms with E-state index in [9.17, 15) is 0 Å². The molecule has 0 fully saturated rings. The molecule has 0 aliphatic heterocycles. The lowest BCUT2D eigenvalue weighted by molar-refractivity contribution is 1.11. The Bertz CT molecular complexity index is 640. The number of rotatable bonds is 2. The van der Waals surface area contributed by atoms with Gasteiger partial charge in [0.1, 0.15) is 0 Å². The molecule has 1 aromatic heterocycles. The molecule has 3 nitrogen and oxygen atoms in total. The maximum absolute atomic E-state index is 5.88. The van der Waals surface area contributed by atoms with Crippen molar-refractivity contribution in [3.8, 4) is 0 Å². The van der Waals surface area contributed by atoms with Crippen molar-refractivity contribution < 1.29 is 0 Å². The van der Waals surface area contributed by atoms with Crippen molar-refractivity contribution in [2.45, 2.75) is 0 Å². The molecular formula is C14H12ClN3. The second-order valence-electron chi connectivity index (χ2n) is 4.11. The molecule has 2 aromatic carbocycles. The number of aromatic amines is 1. The van der Waals surface area contributed by atoms with Crippen molar-refractivity contribution in [3.63, 3.8) is 0 Å². The molecule has 1 N–H and O–H groups in total. The van der Waals surface area contributed by atoms with E-state index in [2.05, 4.69) is 9.97 Å². The van der Waals surface area contributed by atoms with E-state index >= 15 is 0 Å². The molecule has 90 valence electrons. The van der Waals surface area contributed by atoms with Crippen LogP contribution in [0.4, 0.5) is 11.6 Å². The minimum absolute atomic E-state index is 0.733. The normalized spacial score (nSPS) is 10.8. The van der Waals surface area contributed by atoms with Crippen LogP contribution in [-0.2, 0) is 0 Å². The predicted molar refractivity (Wildman–Crippen MR) is 75.6 cm³/mol. The summed E-state index contributed by atoms with van der Waals surface area (Å²) in [5.41, 5.74) is 3.04. The van der Waals surface area contributed by atoms with Gasteiger partial charge in [-0.15, -0.1) is 0 Å². The van der Waals surface area contributed by atoms with E-state index in [0.717, 1.165) is 27.7 Å². The zero-order valence-electron chi connectivity index (χ0n) is 9.89. The van der Waals surface area contributed by atoms with Crippen LogP contribution in [0.1, 0.15) is 0 Å². The Morgan fingerprint density at radius 1 is 1.06 bits per heavy atom. The van der Waals surface area contributed by atoms with E-state index in [1.165, 1.54) is 0 Å². The van der Waals surface area contributed by atoms with E-state index in [0.29, 0.717) is 0 Å². The molecule has 1 heterocycles. The van der Waals surface area contributed by atoms with E-state index in [1.807, 2.05) is 60.5 Å². The molecule has 0 aliphatic rings. The Balaban J connectivity index is 2.00. The van der Waals surface area contributed by atoms with Gasteiger partial charge in [0.15, 0.2) is 0 Å². The molecule has 3 aromatic rings. The highest BCUT2D eigenvalue weighted by Crippen LogP contribution is 2.24. The summed E-state index contributed by atoms with van der Waals surface area (Å²) in [5, 5.41) is 0.733. The quantitative estimate of drug-likeness (QED) is 0.753. The van der Waals surface area contributed by atoms with Gasteiger partial charge in [0.25, 0.3) is 0 Å². The molecule has 0 radical (unpaired) electrons. The average molecular weight is 258 g/mol. The van der Waals surface area contributed by atoms with Crippen LogP contribution in [0, 0.1) is 0 Å². The van der Waals surface area contributed by atoms with E-state index < -0.39 is 0 Å². The smallest absolute Gasteiger partial charge is 0.208 e. The van der Waals surface area contributed by atoms with Gasteiger partial charge in [-0.25, -0.2) is 4.98 Å². The number of nitrogens with one attached hydrogen (secondary N) is 1. The van der Waals surface area contributed by atoms with Gasteiger partial charge in [-0.2, -0.15) is 0 Å². The minimum atomic E-state index is 0.733. The number of benzene rings is 2. The van der Waals surface area contributed by atoms with Gasteiger partial charge >= 0.3 is 0 Å². The third kappa shape index (κ3) is 1.93. The molecule has 18 heavy (non-hydrogen) atoms. The fourth-order valence-corrected chi connectivity index (χ4v) is 2.01. The number of halogens is 1. The number of nitrogens with zero attached hydrogens (tertiary/aromatic N) is 2. The Morgan fingerprint density at radius 3 is 2.50 bits per heavy atom. The lowest BCUT2D eigenvalue weighted by Crippen LogP contribution is -2.10. The van der Waals surface area contributed by atoms with Gasteiger partial charge in [-0.05, 0) is 36.4 Å². The fourth-order valence-electron chi connectivity index (χ4n) is 1.89. The number of imidazole rings is 1. The number of hydrogen-bond acceptors (Lipinski definition) is 2. The summed E-state index contributed by atoms with van der Waals surface area (Å²) in [7, 11) is 1.97. The van der Waals surface area contributed by atoms with Gasteiger partial charge in [0.2, 0.25) is 5.95 Å². The molecule has 0 saturated heterocycles. The summed E-state index contributed by atoms with van der Waals surface area (Å²) in [5.74, 6) is 0.818. The van der Waals surface area contributed by atoms with Crippen LogP contribution in [0.3, 0.4) is 0 Å². The van der Waals surface area contributed by atoms with Crippen molar-refractivity contribution in [1.29, 1.82) is 0 Å². The largest absolute Gasteiger partial charge is 0.324 e. The maximum atomic E-state index is 5.88. The Morgan fingerprint density at radius 2 is 1.78 bits per heavy atom. The Hall–Kier alpha value is -2.00. The molecule has 0 aliphatic carbocycles. The molecule has 3 rings (SSSR count). The van der Waals surface area contributed by atoms with Crippen molar-refractivity contribution in [1.82, 2.24) is 9.97 Å². The lowest BCUT2D eigenvalue weighted by atomic mass is 10.3. The number of para-hydroxylation sites is 2. The highest BCUT2D eigenvalue weighted by Gasteiger charge is 2.08. The second-order valence-corrected chi connectivity index (χ2v) is 4.55. The maximum Gasteiger partial charge on any atom is 0.208 e. The first-order valence-corrected chi connectivity index (χ1v) is 6.06. The summed E-state index contributed by atoms with van der Waals surface area (Å²) in [6.07, 6.45) is 0. The Labute approximate surface area is 110 Å². The van der Waals surface area contributed by atoms with Crippen LogP contribution in [-0.4, -0.2) is 17.0 Å². The first kappa shape index (κ1) is 11.1. The molecule has 0 unspecified atom stereocenters. The highest BCUT2D eigenvalue weighted by atomic mass is 35.5. The van der Waals surface area contributed by atoms with E-state index in [-0.39, 0.29) is 0 Å². The fraction of sp³-hybridized carbons (Fsp3) is 0.0714. The molecule has 0 amide bonds. The number of aromatic nitrogens is 2. The Kier molecular flexibility index (Phi) is 2.68. The monoisotopic (exact) mass is 257 g/mol. The van der Waals surface area contributed by atoms with Crippen LogP contribution < -0.4 is 4.90 Å². The number of H-pyrrole nitrogens is 1. The molecular weight excluding hydrogens is 246 g/mol. The minimum Gasteiger partial charge on any atom is -0.324 e. The average Bonchev–Trinajstić information content (AvgIpc) is 2.82. The van der Waals surface area contributed by atoms with Gasteiger partial charge in [0, 0.05) is 17.8 Å². The van der Waals surface area contributed by atoms with Gasteiger partial charge in [-0.3, -0.25) is 0 Å². The van der Waals surface area contributed by atoms with Crippen LogP contribution in [0.25, 0.3) is 11.0 Å². The SMILES string of the molecule is CN(c1ccc(Cl)cc1)c1nc2ccccc2[nH]1. The molecule has 0 saturated carbocycles. The molecule has 4 heteroatoms. The van der Waals surface area contributed by atoms with Crippen molar-refractivity contribution in [2.75, 3.05) is 11.9 Å². The van der Waals surface area contributed by atoms with Crippen LogP contribution in [0.5, 0.6) is 0 Å². The summed E-state index contributed by atoms with van der Waals surface area (Å²) >= 11 is 5.88. The van der Waals surface area contributed by atoms with Crippen molar-refractivity contribution in [3.05, 3.63) is 53.6 Å². The van der Waals surface area contributed by atoms with Crippen molar-refractivity contribution >= 4 is 34.3 Å². The van der Waals surface area contributed by atoms with Crippen LogP contribution in [0.2, 0.25) is 5.02 Å². The summed E-state index contributed by atoms with van der Waals surface area (Å²) in [6, 6.07) is 15.7. The summed E-state index contributed by atoms with van der Waals surface area (Å²) in [4.78, 5) is 9.84. The second kappa shape index (κ2) is 4.35. The number of anilines is 2. The van der Waals surface area contributed by atoms with Crippen LogP contribution in [0.15, 0.2) is 48.5 Å². The predicted octanol–water partition coefficient (Wildman–Crippen LogP) is 3.98. The van der Waals surface area contributed by atoms with Gasteiger partial charge < -0.3 is 9.88 Å². The van der Waals surface area contributed by atoms with Crippen molar-refractivity contribution in [2.24, 2.45) is 0 Å². The number of fused-ring (bicyclic) bond motifs is 1. The van der Waals surface area contributed by atoms with E-state index in [1.54, 1.807) is 0 Å². The molecule has 0 spiro atoms. The third-order valence-corrected chi connectivity index (χ3v) is 3.16. The zero-order valence-corrected chi connectivity index (χ0v) is 10.6. The third-order valence-electron chi connectivity index (χ3n) is 2.91. The van der Waals surface area contributed by atoms with Gasteiger partial charge in [-0.1, -0.05) is 23.7 Å². The number of hydrogen-bond donors (Lipinski definition) is 1. The molecule has 0 bridgehead atoms. The zero-order chi connectivity index (χ0) is 12.5. The first-order valence-electron chi connectivity index (χ1n) is 5.68. The lowest BCUT2D eigenvalue weighted by Gasteiger charge is -2.15.